The third-order valence-electron chi connectivity index (χ3n) is 4.99. The van der Waals surface area contributed by atoms with E-state index in [1.807, 2.05) is 32.7 Å². The van der Waals surface area contributed by atoms with E-state index in [1.165, 1.54) is 0 Å². The molecule has 2 fully saturated rings. The zero-order valence-electron chi connectivity index (χ0n) is 15.0. The van der Waals surface area contributed by atoms with Gasteiger partial charge in [-0.05, 0) is 52.9 Å². The fourth-order valence-electron chi connectivity index (χ4n) is 3.99. The summed E-state index contributed by atoms with van der Waals surface area (Å²) in [5.74, 6) is 0.562. The molecule has 1 aromatic heterocycles. The Bertz CT molecular complexity index is 618. The maximum atomic E-state index is 12.8. The van der Waals surface area contributed by atoms with Crippen molar-refractivity contribution in [3.63, 3.8) is 0 Å². The molecule has 1 aromatic rings. The van der Waals surface area contributed by atoms with E-state index >= 15 is 0 Å². The first-order valence-electron chi connectivity index (χ1n) is 8.79. The molecule has 0 radical (unpaired) electrons. The fraction of sp³-hybridized carbons (Fsp3) is 0.722. The highest BCUT2D eigenvalue weighted by molar-refractivity contribution is 5.95. The molecule has 2 bridgehead atoms. The van der Waals surface area contributed by atoms with Gasteiger partial charge in [-0.15, -0.1) is 0 Å². The highest BCUT2D eigenvalue weighted by atomic mass is 16.6. The standard InChI is InChI=1S/C18H27N3O3/c1-18(2,3)24-17(23)21-13-6-5-7-14(21)11-12(10-13)15(22)16-19-8-9-20(16)4/h8-9,12-14H,5-7,10-11H2,1-4H3. The van der Waals surface area contributed by atoms with Crippen LogP contribution in [0.4, 0.5) is 4.79 Å². The van der Waals surface area contributed by atoms with Gasteiger partial charge in [0.1, 0.15) is 5.60 Å². The van der Waals surface area contributed by atoms with E-state index in [2.05, 4.69) is 4.98 Å². The highest BCUT2D eigenvalue weighted by Gasteiger charge is 2.44. The predicted octanol–water partition coefficient (Wildman–Crippen LogP) is 3.17. The molecular weight excluding hydrogens is 306 g/mol. The van der Waals surface area contributed by atoms with E-state index in [1.54, 1.807) is 17.0 Å². The van der Waals surface area contributed by atoms with Gasteiger partial charge in [-0.2, -0.15) is 0 Å². The van der Waals surface area contributed by atoms with Gasteiger partial charge in [-0.1, -0.05) is 0 Å². The molecule has 24 heavy (non-hydrogen) atoms. The van der Waals surface area contributed by atoms with E-state index in [4.69, 9.17) is 4.74 Å². The van der Waals surface area contributed by atoms with E-state index in [9.17, 15) is 9.59 Å². The number of carbonyl (C=O) groups excluding carboxylic acids is 2. The molecule has 0 aromatic carbocycles. The number of piperidine rings is 2. The van der Waals surface area contributed by atoms with Crippen LogP contribution in [0.15, 0.2) is 12.4 Å². The Labute approximate surface area is 143 Å². The molecule has 0 N–H and O–H groups in total. The molecule has 0 saturated carbocycles. The summed E-state index contributed by atoms with van der Waals surface area (Å²) in [5, 5.41) is 0. The van der Waals surface area contributed by atoms with E-state index in [0.29, 0.717) is 18.7 Å². The second-order valence-corrected chi connectivity index (χ2v) is 8.02. The lowest BCUT2D eigenvalue weighted by Crippen LogP contribution is -2.56. The summed E-state index contributed by atoms with van der Waals surface area (Å²) in [6, 6.07) is 0.197. The molecule has 2 saturated heterocycles. The molecule has 3 rings (SSSR count). The number of aromatic nitrogens is 2. The number of aryl methyl sites for hydroxylation is 1. The van der Waals surface area contributed by atoms with Crippen molar-refractivity contribution in [3.05, 3.63) is 18.2 Å². The van der Waals surface area contributed by atoms with Gasteiger partial charge >= 0.3 is 6.09 Å². The minimum absolute atomic E-state index is 0.0555. The van der Waals surface area contributed by atoms with Crippen LogP contribution in [-0.2, 0) is 11.8 Å². The van der Waals surface area contributed by atoms with Crippen molar-refractivity contribution in [3.8, 4) is 0 Å². The summed E-state index contributed by atoms with van der Waals surface area (Å²) in [6.45, 7) is 5.66. The molecule has 0 spiro atoms. The van der Waals surface area contributed by atoms with Crippen LogP contribution in [0, 0.1) is 5.92 Å². The summed E-state index contributed by atoms with van der Waals surface area (Å²) < 4.78 is 7.36. The van der Waals surface area contributed by atoms with Crippen LogP contribution >= 0.6 is 0 Å². The zero-order valence-corrected chi connectivity index (χ0v) is 15.0. The minimum Gasteiger partial charge on any atom is -0.444 e. The van der Waals surface area contributed by atoms with Crippen LogP contribution in [0.3, 0.4) is 0 Å². The summed E-state index contributed by atoms with van der Waals surface area (Å²) in [6.07, 6.45) is 7.63. The number of hydrogen-bond acceptors (Lipinski definition) is 4. The predicted molar refractivity (Wildman–Crippen MR) is 89.8 cm³/mol. The number of nitrogens with zero attached hydrogens (tertiary/aromatic N) is 3. The van der Waals surface area contributed by atoms with Crippen molar-refractivity contribution in [1.82, 2.24) is 14.5 Å². The van der Waals surface area contributed by atoms with Gasteiger partial charge in [0.05, 0.1) is 0 Å². The molecular formula is C18H27N3O3. The quantitative estimate of drug-likeness (QED) is 0.780. The van der Waals surface area contributed by atoms with Gasteiger partial charge in [0.15, 0.2) is 5.82 Å². The van der Waals surface area contributed by atoms with Gasteiger partial charge < -0.3 is 14.2 Å². The van der Waals surface area contributed by atoms with Gasteiger partial charge in [0.2, 0.25) is 5.78 Å². The number of hydrogen-bond donors (Lipinski definition) is 0. The van der Waals surface area contributed by atoms with E-state index in [-0.39, 0.29) is 29.9 Å². The Hall–Kier alpha value is -1.85. The molecule has 6 heteroatoms. The van der Waals surface area contributed by atoms with Crippen molar-refractivity contribution < 1.29 is 14.3 Å². The van der Waals surface area contributed by atoms with Crippen molar-refractivity contribution in [2.75, 3.05) is 0 Å². The molecule has 3 heterocycles. The summed E-state index contributed by atoms with van der Waals surface area (Å²) in [4.78, 5) is 31.5. The van der Waals surface area contributed by atoms with Crippen molar-refractivity contribution in [1.29, 1.82) is 0 Å². The van der Waals surface area contributed by atoms with Gasteiger partial charge in [0.25, 0.3) is 0 Å². The Morgan fingerprint density at radius 3 is 2.33 bits per heavy atom. The average Bonchev–Trinajstić information content (AvgIpc) is 2.89. The minimum atomic E-state index is -0.495. The smallest absolute Gasteiger partial charge is 0.410 e. The second kappa shape index (κ2) is 6.22. The number of ketones is 1. The SMILES string of the molecule is Cn1ccnc1C(=O)C1CC2CCCC(C1)N2C(=O)OC(C)(C)C. The number of imidazole rings is 1. The van der Waals surface area contributed by atoms with Crippen LogP contribution in [0.1, 0.15) is 63.5 Å². The van der Waals surface area contributed by atoms with Crippen LogP contribution in [0.25, 0.3) is 0 Å². The zero-order chi connectivity index (χ0) is 17.5. The summed E-state index contributed by atoms with van der Waals surface area (Å²) >= 11 is 0. The fourth-order valence-corrected chi connectivity index (χ4v) is 3.99. The van der Waals surface area contributed by atoms with Crippen molar-refractivity contribution in [2.24, 2.45) is 13.0 Å². The second-order valence-electron chi connectivity index (χ2n) is 8.02. The lowest BCUT2D eigenvalue weighted by Gasteiger charge is -2.48. The molecule has 2 atom stereocenters. The normalized spacial score (nSPS) is 27.0. The number of carbonyl (C=O) groups is 2. The number of amides is 1. The van der Waals surface area contributed by atoms with Gasteiger partial charge in [0, 0.05) is 37.4 Å². The molecule has 132 valence electrons. The average molecular weight is 333 g/mol. The Morgan fingerprint density at radius 2 is 1.83 bits per heavy atom. The molecule has 1 amide bonds. The van der Waals surface area contributed by atoms with Crippen LogP contribution < -0.4 is 0 Å². The van der Waals surface area contributed by atoms with E-state index < -0.39 is 5.60 Å². The third-order valence-corrected chi connectivity index (χ3v) is 4.99. The monoisotopic (exact) mass is 333 g/mol. The molecule has 2 unspecified atom stereocenters. The van der Waals surface area contributed by atoms with Crippen molar-refractivity contribution >= 4 is 11.9 Å². The Balaban J connectivity index is 1.75. The summed E-state index contributed by atoms with van der Waals surface area (Å²) in [5.41, 5.74) is -0.495. The molecule has 2 aliphatic heterocycles. The van der Waals surface area contributed by atoms with Gasteiger partial charge in [-0.25, -0.2) is 9.78 Å². The first kappa shape index (κ1) is 17.0. The first-order chi connectivity index (χ1) is 11.3. The maximum Gasteiger partial charge on any atom is 0.410 e. The highest BCUT2D eigenvalue weighted by Crippen LogP contribution is 2.39. The maximum absolute atomic E-state index is 12.8. The van der Waals surface area contributed by atoms with E-state index in [0.717, 1.165) is 19.3 Å². The molecule has 6 nitrogen and oxygen atoms in total. The number of fused-ring (bicyclic) bond motifs is 2. The van der Waals surface area contributed by atoms with Crippen molar-refractivity contribution in [2.45, 2.75) is 70.6 Å². The molecule has 2 aliphatic rings. The molecule has 0 aliphatic carbocycles. The lowest BCUT2D eigenvalue weighted by atomic mass is 9.77. The lowest BCUT2D eigenvalue weighted by molar-refractivity contribution is -0.0262. The first-order valence-corrected chi connectivity index (χ1v) is 8.79. The third kappa shape index (κ3) is 3.32. The number of Topliss-reactive ketones (excluding diaryl/α,β-unsaturated/α-hetero) is 1. The summed E-state index contributed by atoms with van der Waals surface area (Å²) in [7, 11) is 1.84. The van der Waals surface area contributed by atoms with Crippen LogP contribution in [0.5, 0.6) is 0 Å². The van der Waals surface area contributed by atoms with Gasteiger partial charge in [-0.3, -0.25) is 4.79 Å². The number of rotatable bonds is 2. The van der Waals surface area contributed by atoms with Crippen LogP contribution in [-0.4, -0.2) is 44.0 Å². The number of ether oxygens (including phenoxy) is 1. The van der Waals surface area contributed by atoms with Crippen LogP contribution in [0.2, 0.25) is 0 Å². The Morgan fingerprint density at radius 1 is 1.21 bits per heavy atom. The Kier molecular flexibility index (Phi) is 4.40. The topological polar surface area (TPSA) is 64.4 Å². The largest absolute Gasteiger partial charge is 0.444 e.